The fraction of sp³-hybridized carbons (Fsp3) is 0.600. The van der Waals surface area contributed by atoms with E-state index in [-0.39, 0.29) is 0 Å². The quantitative estimate of drug-likeness (QED) is 0.480. The highest BCUT2D eigenvalue weighted by Crippen LogP contribution is 2.37. The average Bonchev–Trinajstić information content (AvgIpc) is 2.53. The molecule has 0 radical (unpaired) electrons. The molecule has 0 spiro atoms. The molecule has 1 aliphatic rings. The minimum atomic E-state index is 0.610. The Hall–Kier alpha value is -1.11. The Morgan fingerprint density at radius 1 is 1.00 bits per heavy atom. The van der Waals surface area contributed by atoms with Crippen LogP contribution in [0, 0.1) is 5.92 Å². The number of benzene rings is 1. The number of halogens is 1. The molecule has 0 unspecified atom stereocenters. The summed E-state index contributed by atoms with van der Waals surface area (Å²) in [6.45, 7) is 2.28. The minimum Gasteiger partial charge on any atom is -0.216 e. The van der Waals surface area contributed by atoms with Crippen LogP contribution in [0.3, 0.4) is 0 Å². The zero-order valence-electron chi connectivity index (χ0n) is 13.4. The second-order valence-corrected chi connectivity index (χ2v) is 6.53. The van der Waals surface area contributed by atoms with E-state index in [1.54, 1.807) is 0 Å². The van der Waals surface area contributed by atoms with Gasteiger partial charge in [-0.15, -0.1) is 0 Å². The molecule has 116 valence electrons. The smallest absolute Gasteiger partial charge is 0.0872 e. The molecule has 0 nitrogen and oxygen atoms in total. The number of rotatable bonds is 7. The van der Waals surface area contributed by atoms with Crippen LogP contribution in [-0.2, 0) is 0 Å². The van der Waals surface area contributed by atoms with Gasteiger partial charge in [0.25, 0.3) is 0 Å². The standard InChI is InChI=1S/C20H29F/c1-2-3-4-5-6-17-7-11-19(12-8-17)20-13-9-18(10-14-20)15-16-21/h9-10,13-17,19H,2-8,11-12H2,1H3/b16-15+. The van der Waals surface area contributed by atoms with Crippen molar-refractivity contribution >= 4 is 6.08 Å². The first-order valence-electron chi connectivity index (χ1n) is 8.70. The maximum atomic E-state index is 12.1. The first-order valence-corrected chi connectivity index (χ1v) is 8.70. The Kier molecular flexibility index (Phi) is 6.99. The van der Waals surface area contributed by atoms with Crippen LogP contribution >= 0.6 is 0 Å². The first-order chi connectivity index (χ1) is 10.3. The maximum absolute atomic E-state index is 12.1. The second-order valence-electron chi connectivity index (χ2n) is 6.53. The van der Waals surface area contributed by atoms with Gasteiger partial charge in [-0.3, -0.25) is 0 Å². The van der Waals surface area contributed by atoms with Crippen LogP contribution in [0.2, 0.25) is 0 Å². The lowest BCUT2D eigenvalue weighted by Gasteiger charge is -2.29. The van der Waals surface area contributed by atoms with Crippen LogP contribution in [0.1, 0.15) is 81.8 Å². The molecule has 1 heteroatoms. The van der Waals surface area contributed by atoms with Gasteiger partial charge in [0.15, 0.2) is 0 Å². The van der Waals surface area contributed by atoms with Crippen LogP contribution in [-0.4, -0.2) is 0 Å². The summed E-state index contributed by atoms with van der Waals surface area (Å²) in [5.74, 6) is 1.69. The summed E-state index contributed by atoms with van der Waals surface area (Å²) in [5.41, 5.74) is 2.39. The molecule has 1 fully saturated rings. The van der Waals surface area contributed by atoms with Gasteiger partial charge in [0.2, 0.25) is 0 Å². The highest BCUT2D eigenvalue weighted by molar-refractivity contribution is 5.48. The number of hydrogen-bond acceptors (Lipinski definition) is 0. The molecule has 0 aromatic heterocycles. The van der Waals surface area contributed by atoms with Gasteiger partial charge in [-0.1, -0.05) is 63.3 Å². The van der Waals surface area contributed by atoms with E-state index in [1.165, 1.54) is 69.4 Å². The van der Waals surface area contributed by atoms with E-state index in [4.69, 9.17) is 0 Å². The topological polar surface area (TPSA) is 0 Å². The van der Waals surface area contributed by atoms with Crippen molar-refractivity contribution in [2.45, 2.75) is 70.6 Å². The minimum absolute atomic E-state index is 0.610. The Balaban J connectivity index is 1.75. The first kappa shape index (κ1) is 16.3. The van der Waals surface area contributed by atoms with E-state index in [9.17, 15) is 4.39 Å². The summed E-state index contributed by atoms with van der Waals surface area (Å²) in [4.78, 5) is 0. The summed E-state index contributed by atoms with van der Waals surface area (Å²) in [6.07, 6.45) is 14.6. The zero-order chi connectivity index (χ0) is 14.9. The monoisotopic (exact) mass is 288 g/mol. The second kappa shape index (κ2) is 9.02. The predicted octanol–water partition coefficient (Wildman–Crippen LogP) is 6.87. The SMILES string of the molecule is CCCCCCC1CCC(c2ccc(/C=C/F)cc2)CC1. The van der Waals surface area contributed by atoms with Gasteiger partial charge >= 0.3 is 0 Å². The van der Waals surface area contributed by atoms with Crippen LogP contribution < -0.4 is 0 Å². The predicted molar refractivity (Wildman–Crippen MR) is 90.0 cm³/mol. The fourth-order valence-corrected chi connectivity index (χ4v) is 3.60. The van der Waals surface area contributed by atoms with Crippen molar-refractivity contribution in [3.63, 3.8) is 0 Å². The molecule has 21 heavy (non-hydrogen) atoms. The van der Waals surface area contributed by atoms with E-state index in [0.717, 1.165) is 17.4 Å². The summed E-state index contributed by atoms with van der Waals surface area (Å²) in [7, 11) is 0. The molecule has 0 heterocycles. The lowest BCUT2D eigenvalue weighted by Crippen LogP contribution is -2.13. The van der Waals surface area contributed by atoms with Crippen molar-refractivity contribution in [1.82, 2.24) is 0 Å². The third-order valence-corrected chi connectivity index (χ3v) is 4.98. The molecule has 2 rings (SSSR count). The van der Waals surface area contributed by atoms with Crippen molar-refractivity contribution in [1.29, 1.82) is 0 Å². The fourth-order valence-electron chi connectivity index (χ4n) is 3.60. The largest absolute Gasteiger partial charge is 0.216 e. The van der Waals surface area contributed by atoms with Crippen LogP contribution in [0.25, 0.3) is 6.08 Å². The molecule has 1 saturated carbocycles. The third kappa shape index (κ3) is 5.30. The van der Waals surface area contributed by atoms with Crippen LogP contribution in [0.5, 0.6) is 0 Å². The summed E-state index contributed by atoms with van der Waals surface area (Å²) >= 11 is 0. The highest BCUT2D eigenvalue weighted by Gasteiger charge is 2.21. The summed E-state index contributed by atoms with van der Waals surface area (Å²) < 4.78 is 12.1. The van der Waals surface area contributed by atoms with Gasteiger partial charge in [-0.25, -0.2) is 4.39 Å². The van der Waals surface area contributed by atoms with E-state index >= 15 is 0 Å². The van der Waals surface area contributed by atoms with Crippen molar-refractivity contribution in [2.75, 3.05) is 0 Å². The molecule has 0 amide bonds. The molecule has 0 aliphatic heterocycles. The Morgan fingerprint density at radius 2 is 1.71 bits per heavy atom. The maximum Gasteiger partial charge on any atom is 0.0872 e. The molecule has 0 N–H and O–H groups in total. The Labute approximate surface area is 129 Å². The summed E-state index contributed by atoms with van der Waals surface area (Å²) in [5, 5.41) is 0. The molecule has 1 aromatic rings. The zero-order valence-corrected chi connectivity index (χ0v) is 13.4. The van der Waals surface area contributed by atoms with Crippen LogP contribution in [0.15, 0.2) is 30.6 Å². The van der Waals surface area contributed by atoms with Crippen molar-refractivity contribution in [3.8, 4) is 0 Å². The lowest BCUT2D eigenvalue weighted by molar-refractivity contribution is 0.302. The van der Waals surface area contributed by atoms with Gasteiger partial charge in [-0.05, 0) is 54.7 Å². The molecule has 0 saturated heterocycles. The molecular formula is C20H29F. The van der Waals surface area contributed by atoms with Crippen molar-refractivity contribution in [2.24, 2.45) is 5.92 Å². The van der Waals surface area contributed by atoms with E-state index < -0.39 is 0 Å². The van der Waals surface area contributed by atoms with Gasteiger partial charge in [0, 0.05) is 0 Å². The average molecular weight is 288 g/mol. The van der Waals surface area contributed by atoms with Gasteiger partial charge in [0.1, 0.15) is 0 Å². The number of hydrogen-bond donors (Lipinski definition) is 0. The summed E-state index contributed by atoms with van der Waals surface area (Å²) in [6, 6.07) is 8.42. The van der Waals surface area contributed by atoms with Crippen molar-refractivity contribution < 1.29 is 4.39 Å². The highest BCUT2D eigenvalue weighted by atomic mass is 19.1. The van der Waals surface area contributed by atoms with E-state index in [2.05, 4.69) is 19.1 Å². The van der Waals surface area contributed by atoms with E-state index in [0.29, 0.717) is 6.33 Å². The molecule has 0 atom stereocenters. The van der Waals surface area contributed by atoms with Gasteiger partial charge < -0.3 is 0 Å². The molecular weight excluding hydrogens is 259 g/mol. The van der Waals surface area contributed by atoms with Crippen molar-refractivity contribution in [3.05, 3.63) is 41.7 Å². The Bertz CT molecular complexity index is 410. The normalized spacial score (nSPS) is 22.8. The van der Waals surface area contributed by atoms with Crippen LogP contribution in [0.4, 0.5) is 4.39 Å². The number of unbranched alkanes of at least 4 members (excludes halogenated alkanes) is 3. The van der Waals surface area contributed by atoms with Gasteiger partial charge in [-0.2, -0.15) is 0 Å². The Morgan fingerprint density at radius 3 is 2.33 bits per heavy atom. The molecule has 1 aliphatic carbocycles. The molecule has 1 aromatic carbocycles. The van der Waals surface area contributed by atoms with E-state index in [1.807, 2.05) is 12.1 Å². The van der Waals surface area contributed by atoms with Gasteiger partial charge in [0.05, 0.1) is 6.33 Å². The molecule has 0 bridgehead atoms. The third-order valence-electron chi connectivity index (χ3n) is 4.98. The lowest BCUT2D eigenvalue weighted by atomic mass is 9.77.